The molecule has 2 unspecified atom stereocenters. The number of aliphatic carboxylic acids is 1. The number of carboxylic acid groups (broad SMARTS) is 1. The van der Waals surface area contributed by atoms with Crippen LogP contribution in [-0.4, -0.2) is 68.1 Å². The topological polar surface area (TPSA) is 138 Å². The fraction of sp³-hybridized carbons (Fsp3) is 0.963. The molecule has 0 saturated heterocycles. The molecule has 206 valence electrons. The van der Waals surface area contributed by atoms with Gasteiger partial charge in [0.25, 0.3) is 0 Å². The first-order chi connectivity index (χ1) is 16.4. The SMILES string of the molecule is CCCCCCCCCCCCCCCCCCCCCC(=O)O.OCC(O)C(O)C(O)CO. The van der Waals surface area contributed by atoms with E-state index in [9.17, 15) is 4.79 Å². The molecule has 0 aromatic rings. The van der Waals surface area contributed by atoms with Crippen molar-refractivity contribution in [2.75, 3.05) is 13.2 Å². The molecular weight excluding hydrogens is 436 g/mol. The number of unbranched alkanes of at least 4 members (excludes halogenated alkanes) is 18. The third-order valence-corrected chi connectivity index (χ3v) is 6.16. The molecule has 0 radical (unpaired) electrons. The maximum atomic E-state index is 10.4. The van der Waals surface area contributed by atoms with E-state index in [-0.39, 0.29) is 0 Å². The van der Waals surface area contributed by atoms with Gasteiger partial charge in [-0.2, -0.15) is 0 Å². The molecule has 0 saturated carbocycles. The summed E-state index contributed by atoms with van der Waals surface area (Å²) in [5.74, 6) is -0.651. The first-order valence-corrected chi connectivity index (χ1v) is 13.9. The summed E-state index contributed by atoms with van der Waals surface area (Å²) in [6, 6.07) is 0. The molecule has 34 heavy (non-hydrogen) atoms. The van der Waals surface area contributed by atoms with Crippen molar-refractivity contribution in [3.63, 3.8) is 0 Å². The zero-order valence-corrected chi connectivity index (χ0v) is 21.9. The Labute approximate surface area is 208 Å². The van der Waals surface area contributed by atoms with Gasteiger partial charge in [-0.25, -0.2) is 0 Å². The van der Waals surface area contributed by atoms with Gasteiger partial charge in [0.05, 0.1) is 13.2 Å². The zero-order valence-electron chi connectivity index (χ0n) is 21.9. The summed E-state index contributed by atoms with van der Waals surface area (Å²) in [6.07, 6.45) is 21.8. The minimum Gasteiger partial charge on any atom is -0.481 e. The minimum atomic E-state index is -1.49. The molecule has 0 heterocycles. The number of rotatable bonds is 24. The summed E-state index contributed by atoms with van der Waals surface area (Å²) in [4.78, 5) is 10.4. The zero-order chi connectivity index (χ0) is 25.9. The van der Waals surface area contributed by atoms with Crippen molar-refractivity contribution >= 4 is 5.97 Å². The summed E-state index contributed by atoms with van der Waals surface area (Å²) in [5.41, 5.74) is 0. The highest BCUT2D eigenvalue weighted by Gasteiger charge is 2.22. The molecule has 0 aliphatic heterocycles. The van der Waals surface area contributed by atoms with Gasteiger partial charge in [-0.15, -0.1) is 0 Å². The van der Waals surface area contributed by atoms with E-state index in [2.05, 4.69) is 6.92 Å². The fourth-order valence-electron chi connectivity index (χ4n) is 3.83. The Balaban J connectivity index is 0. The molecule has 0 bridgehead atoms. The van der Waals surface area contributed by atoms with Crippen LogP contribution in [0.5, 0.6) is 0 Å². The smallest absolute Gasteiger partial charge is 0.303 e. The van der Waals surface area contributed by atoms with E-state index in [4.69, 9.17) is 30.6 Å². The molecule has 0 aliphatic carbocycles. The summed E-state index contributed by atoms with van der Waals surface area (Å²) in [5, 5.41) is 51.1. The van der Waals surface area contributed by atoms with Gasteiger partial charge in [-0.1, -0.05) is 122 Å². The van der Waals surface area contributed by atoms with Gasteiger partial charge >= 0.3 is 5.97 Å². The third-order valence-electron chi connectivity index (χ3n) is 6.16. The lowest BCUT2D eigenvalue weighted by Gasteiger charge is -2.19. The molecule has 0 aliphatic rings. The summed E-state index contributed by atoms with van der Waals surface area (Å²) < 4.78 is 0. The van der Waals surface area contributed by atoms with Crippen molar-refractivity contribution in [3.05, 3.63) is 0 Å². The van der Waals surface area contributed by atoms with Crippen LogP contribution in [0.3, 0.4) is 0 Å². The second-order valence-corrected chi connectivity index (χ2v) is 9.50. The van der Waals surface area contributed by atoms with Crippen LogP contribution in [0.4, 0.5) is 0 Å². The Hall–Kier alpha value is -0.730. The summed E-state index contributed by atoms with van der Waals surface area (Å²) in [7, 11) is 0. The van der Waals surface area contributed by atoms with Gasteiger partial charge in [0.15, 0.2) is 0 Å². The fourth-order valence-corrected chi connectivity index (χ4v) is 3.83. The van der Waals surface area contributed by atoms with Gasteiger partial charge in [-0.3, -0.25) is 4.79 Å². The molecule has 0 aromatic carbocycles. The molecule has 0 amide bonds. The number of aliphatic hydroxyl groups is 5. The maximum Gasteiger partial charge on any atom is 0.303 e. The predicted molar refractivity (Wildman–Crippen MR) is 138 cm³/mol. The van der Waals surface area contributed by atoms with E-state index >= 15 is 0 Å². The van der Waals surface area contributed by atoms with E-state index in [1.54, 1.807) is 0 Å². The van der Waals surface area contributed by atoms with Crippen LogP contribution in [0, 0.1) is 0 Å². The Morgan fingerprint density at radius 2 is 0.794 bits per heavy atom. The number of aliphatic hydroxyl groups excluding tert-OH is 5. The van der Waals surface area contributed by atoms with Crippen molar-refractivity contribution in [2.24, 2.45) is 0 Å². The quantitative estimate of drug-likeness (QED) is 0.105. The molecule has 0 aromatic heterocycles. The third kappa shape index (κ3) is 27.5. The van der Waals surface area contributed by atoms with Crippen LogP contribution < -0.4 is 0 Å². The number of hydrogen-bond donors (Lipinski definition) is 6. The van der Waals surface area contributed by atoms with Gasteiger partial charge in [0.1, 0.15) is 18.3 Å². The van der Waals surface area contributed by atoms with Crippen LogP contribution in [0.2, 0.25) is 0 Å². The minimum absolute atomic E-state index is 0.346. The van der Waals surface area contributed by atoms with Crippen molar-refractivity contribution in [3.8, 4) is 0 Å². The Morgan fingerprint density at radius 3 is 1.03 bits per heavy atom. The van der Waals surface area contributed by atoms with Crippen molar-refractivity contribution in [1.29, 1.82) is 0 Å². The first-order valence-electron chi connectivity index (χ1n) is 13.9. The lowest BCUT2D eigenvalue weighted by Crippen LogP contribution is -2.41. The maximum absolute atomic E-state index is 10.4. The lowest BCUT2D eigenvalue weighted by atomic mass is 10.0. The molecule has 6 N–H and O–H groups in total. The van der Waals surface area contributed by atoms with Crippen molar-refractivity contribution in [2.45, 2.75) is 154 Å². The first kappa shape index (κ1) is 35.4. The molecule has 7 heteroatoms. The van der Waals surface area contributed by atoms with E-state index in [0.29, 0.717) is 6.42 Å². The molecule has 2 atom stereocenters. The second-order valence-electron chi connectivity index (χ2n) is 9.50. The van der Waals surface area contributed by atoms with Crippen LogP contribution in [0.1, 0.15) is 135 Å². The lowest BCUT2D eigenvalue weighted by molar-refractivity contribution is -0.137. The summed E-state index contributed by atoms with van der Waals surface area (Å²) >= 11 is 0. The van der Waals surface area contributed by atoms with E-state index in [1.807, 2.05) is 0 Å². The second kappa shape index (κ2) is 28.5. The van der Waals surface area contributed by atoms with Gasteiger partial charge in [-0.05, 0) is 6.42 Å². The molecule has 7 nitrogen and oxygen atoms in total. The average Bonchev–Trinajstić information content (AvgIpc) is 2.84. The van der Waals surface area contributed by atoms with E-state index in [1.165, 1.54) is 109 Å². The molecular formula is C27H56O7. The number of carboxylic acids is 1. The number of carbonyl (C=O) groups is 1. The van der Waals surface area contributed by atoms with Gasteiger partial charge in [0, 0.05) is 6.42 Å². The van der Waals surface area contributed by atoms with Crippen LogP contribution >= 0.6 is 0 Å². The highest BCUT2D eigenvalue weighted by molar-refractivity contribution is 5.66. The molecule has 0 rings (SSSR count). The van der Waals surface area contributed by atoms with E-state index < -0.39 is 37.5 Å². The average molecular weight is 493 g/mol. The van der Waals surface area contributed by atoms with Crippen LogP contribution in [0.15, 0.2) is 0 Å². The molecule has 0 spiro atoms. The monoisotopic (exact) mass is 492 g/mol. The van der Waals surface area contributed by atoms with Crippen molar-refractivity contribution in [1.82, 2.24) is 0 Å². The van der Waals surface area contributed by atoms with Gasteiger partial charge in [0.2, 0.25) is 0 Å². The largest absolute Gasteiger partial charge is 0.481 e. The van der Waals surface area contributed by atoms with Crippen LogP contribution in [0.25, 0.3) is 0 Å². The highest BCUT2D eigenvalue weighted by atomic mass is 16.4. The number of hydrogen-bond acceptors (Lipinski definition) is 6. The Kier molecular flexibility index (Phi) is 29.7. The predicted octanol–water partition coefficient (Wildman–Crippen LogP) is 4.95. The normalized spacial score (nSPS) is 13.7. The Morgan fingerprint density at radius 1 is 0.529 bits per heavy atom. The van der Waals surface area contributed by atoms with Crippen molar-refractivity contribution < 1.29 is 35.4 Å². The standard InChI is InChI=1S/C22H44O2.C5H12O5/c1-2-3-4-5-6-7-8-9-10-11-12-13-14-15-16-17-18-19-20-21-22(23)24;6-1-3(8)5(10)4(9)2-7/h2-21H2,1H3,(H,23,24);3-10H,1-2H2. The highest BCUT2D eigenvalue weighted by Crippen LogP contribution is 2.14. The van der Waals surface area contributed by atoms with Crippen LogP contribution in [-0.2, 0) is 4.79 Å². The molecule has 0 fully saturated rings. The summed E-state index contributed by atoms with van der Waals surface area (Å²) in [6.45, 7) is 1.00. The Bertz CT molecular complexity index is 396. The van der Waals surface area contributed by atoms with Gasteiger partial charge < -0.3 is 30.6 Å². The van der Waals surface area contributed by atoms with E-state index in [0.717, 1.165) is 12.8 Å².